The van der Waals surface area contributed by atoms with Gasteiger partial charge in [-0.3, -0.25) is 14.6 Å². The number of aromatic nitrogens is 3. The lowest BCUT2D eigenvalue weighted by atomic mass is 10.1. The van der Waals surface area contributed by atoms with E-state index in [1.807, 2.05) is 24.3 Å². The van der Waals surface area contributed by atoms with Crippen LogP contribution in [0.4, 0.5) is 0 Å². The number of rotatable bonds is 6. The predicted molar refractivity (Wildman–Crippen MR) is 81.4 cm³/mol. The van der Waals surface area contributed by atoms with E-state index in [9.17, 15) is 9.59 Å². The van der Waals surface area contributed by atoms with Gasteiger partial charge in [0.15, 0.2) is 5.16 Å². The Kier molecular flexibility index (Phi) is 5.16. The monoisotopic (exact) mass is 321 g/mol. The molecule has 1 heterocycles. The third-order valence-corrected chi connectivity index (χ3v) is 3.85. The Hall–Kier alpha value is -2.35. The summed E-state index contributed by atoms with van der Waals surface area (Å²) in [5.41, 5.74) is 0.761. The molecule has 0 saturated heterocycles. The number of aliphatic carboxylic acids is 1. The number of aromatic amines is 1. The van der Waals surface area contributed by atoms with Crippen molar-refractivity contribution in [3.8, 4) is 5.75 Å². The van der Waals surface area contributed by atoms with Crippen molar-refractivity contribution in [1.29, 1.82) is 0 Å². The highest BCUT2D eigenvalue weighted by molar-refractivity contribution is 8.00. The zero-order valence-electron chi connectivity index (χ0n) is 12.1. The number of thioether (sulfide) groups is 1. The van der Waals surface area contributed by atoms with E-state index in [0.717, 1.165) is 17.3 Å². The minimum absolute atomic E-state index is 0.189. The first-order valence-electron chi connectivity index (χ1n) is 6.48. The summed E-state index contributed by atoms with van der Waals surface area (Å²) in [5, 5.41) is 16.1. The van der Waals surface area contributed by atoms with Crippen LogP contribution in [0.3, 0.4) is 0 Å². The normalized spacial score (nSPS) is 11.9. The largest absolute Gasteiger partial charge is 0.497 e. The van der Waals surface area contributed by atoms with Gasteiger partial charge < -0.3 is 9.84 Å². The van der Waals surface area contributed by atoms with Gasteiger partial charge in [0.25, 0.3) is 5.56 Å². The fourth-order valence-corrected chi connectivity index (χ4v) is 2.38. The molecule has 1 atom stereocenters. The molecule has 1 aromatic carbocycles. The van der Waals surface area contributed by atoms with Gasteiger partial charge in [-0.2, -0.15) is 0 Å². The Morgan fingerprint density at radius 2 is 2.23 bits per heavy atom. The van der Waals surface area contributed by atoms with Crippen LogP contribution in [0.1, 0.15) is 18.2 Å². The number of carboxylic acids is 1. The lowest BCUT2D eigenvalue weighted by molar-refractivity contribution is -0.136. The molecule has 0 amide bonds. The van der Waals surface area contributed by atoms with Gasteiger partial charge in [-0.25, -0.2) is 0 Å². The maximum atomic E-state index is 12.0. The molecule has 1 aromatic heterocycles. The third-order valence-electron chi connectivity index (χ3n) is 2.89. The fraction of sp³-hybridized carbons (Fsp3) is 0.286. The van der Waals surface area contributed by atoms with Gasteiger partial charge in [0.2, 0.25) is 0 Å². The summed E-state index contributed by atoms with van der Waals surface area (Å²) in [6.45, 7) is 1.51. The van der Waals surface area contributed by atoms with Gasteiger partial charge >= 0.3 is 5.97 Å². The number of methoxy groups -OCH3 is 1. The van der Waals surface area contributed by atoms with Crippen LogP contribution in [0.25, 0.3) is 0 Å². The second-order valence-electron chi connectivity index (χ2n) is 4.53. The molecule has 2 aromatic rings. The van der Waals surface area contributed by atoms with Gasteiger partial charge in [0.1, 0.15) is 16.7 Å². The van der Waals surface area contributed by atoms with Crippen molar-refractivity contribution in [2.45, 2.75) is 23.8 Å². The van der Waals surface area contributed by atoms with E-state index >= 15 is 0 Å². The zero-order valence-corrected chi connectivity index (χ0v) is 12.9. The average molecular weight is 321 g/mol. The van der Waals surface area contributed by atoms with Gasteiger partial charge in [0.05, 0.1) is 7.11 Å². The molecule has 2 N–H and O–H groups in total. The number of ether oxygens (including phenoxy) is 1. The molecule has 0 aliphatic carbocycles. The molecule has 2 rings (SSSR count). The van der Waals surface area contributed by atoms with Crippen molar-refractivity contribution in [1.82, 2.24) is 15.2 Å². The summed E-state index contributed by atoms with van der Waals surface area (Å²) < 4.78 is 5.13. The Balaban J connectivity index is 2.16. The van der Waals surface area contributed by atoms with Gasteiger partial charge in [-0.05, 0) is 24.6 Å². The molecule has 0 radical (unpaired) electrons. The molecule has 7 nitrogen and oxygen atoms in total. The van der Waals surface area contributed by atoms with Crippen LogP contribution in [-0.2, 0) is 11.2 Å². The lowest BCUT2D eigenvalue weighted by Gasteiger charge is -2.06. The van der Waals surface area contributed by atoms with E-state index < -0.39 is 11.2 Å². The number of carboxylic acid groups (broad SMARTS) is 1. The Morgan fingerprint density at radius 1 is 1.45 bits per heavy atom. The number of nitrogens with one attached hydrogen (secondary N) is 1. The molecule has 1 unspecified atom stereocenters. The topological polar surface area (TPSA) is 105 Å². The highest BCUT2D eigenvalue weighted by Gasteiger charge is 2.15. The summed E-state index contributed by atoms with van der Waals surface area (Å²) in [6, 6.07) is 7.32. The molecular weight excluding hydrogens is 306 g/mol. The molecule has 0 bridgehead atoms. The lowest BCUT2D eigenvalue weighted by Crippen LogP contribution is -2.20. The molecule has 0 saturated carbocycles. The van der Waals surface area contributed by atoms with E-state index in [4.69, 9.17) is 9.84 Å². The second-order valence-corrected chi connectivity index (χ2v) is 5.86. The molecular formula is C14H15N3O4S. The number of benzene rings is 1. The maximum Gasteiger partial charge on any atom is 0.316 e. The highest BCUT2D eigenvalue weighted by Crippen LogP contribution is 2.18. The quantitative estimate of drug-likeness (QED) is 0.773. The first kappa shape index (κ1) is 16.0. The third kappa shape index (κ3) is 4.08. The van der Waals surface area contributed by atoms with Crippen molar-refractivity contribution in [2.24, 2.45) is 0 Å². The average Bonchev–Trinajstić information content (AvgIpc) is 2.50. The van der Waals surface area contributed by atoms with Crippen molar-refractivity contribution in [3.63, 3.8) is 0 Å². The molecule has 116 valence electrons. The summed E-state index contributed by atoms with van der Waals surface area (Å²) >= 11 is 0.938. The SMILES string of the molecule is COc1cccc(Cc2nnc(SC(C)C(=O)O)[nH]c2=O)c1. The number of hydrogen-bond acceptors (Lipinski definition) is 6. The van der Waals surface area contributed by atoms with Crippen LogP contribution in [0.5, 0.6) is 5.75 Å². The highest BCUT2D eigenvalue weighted by atomic mass is 32.2. The van der Waals surface area contributed by atoms with Crippen LogP contribution in [0, 0.1) is 0 Å². The standard InChI is InChI=1S/C14H15N3O4S/c1-8(13(19)20)22-14-15-12(18)11(16-17-14)7-9-4-3-5-10(6-9)21-2/h3-6,8H,7H2,1-2H3,(H,19,20)(H,15,17,18). The smallest absolute Gasteiger partial charge is 0.316 e. The van der Waals surface area contributed by atoms with Gasteiger partial charge in [-0.15, -0.1) is 10.2 Å². The van der Waals surface area contributed by atoms with Crippen LogP contribution < -0.4 is 10.3 Å². The number of carbonyl (C=O) groups is 1. The van der Waals surface area contributed by atoms with Crippen molar-refractivity contribution >= 4 is 17.7 Å². The van der Waals surface area contributed by atoms with Crippen LogP contribution >= 0.6 is 11.8 Å². The summed E-state index contributed by atoms with van der Waals surface area (Å²) in [5.74, 6) is -0.280. The Labute approximate surface area is 130 Å². The number of hydrogen-bond donors (Lipinski definition) is 2. The number of H-pyrrole nitrogens is 1. The second kappa shape index (κ2) is 7.08. The molecule has 0 aliphatic heterocycles. The van der Waals surface area contributed by atoms with E-state index in [2.05, 4.69) is 15.2 Å². The molecule has 0 aliphatic rings. The summed E-state index contributed by atoms with van der Waals surface area (Å²) in [6.07, 6.45) is 0.318. The van der Waals surface area contributed by atoms with Gasteiger partial charge in [-0.1, -0.05) is 23.9 Å². The van der Waals surface area contributed by atoms with Gasteiger partial charge in [0, 0.05) is 6.42 Å². The van der Waals surface area contributed by atoms with E-state index in [0.29, 0.717) is 12.2 Å². The van der Waals surface area contributed by atoms with E-state index in [-0.39, 0.29) is 16.4 Å². The maximum absolute atomic E-state index is 12.0. The number of nitrogens with zero attached hydrogens (tertiary/aromatic N) is 2. The summed E-state index contributed by atoms with van der Waals surface area (Å²) in [4.78, 5) is 25.3. The minimum atomic E-state index is -0.979. The Morgan fingerprint density at radius 3 is 2.86 bits per heavy atom. The van der Waals surface area contributed by atoms with Crippen molar-refractivity contribution < 1.29 is 14.6 Å². The molecule has 0 fully saturated rings. The molecule has 22 heavy (non-hydrogen) atoms. The predicted octanol–water partition coefficient (Wildman–Crippen LogP) is 1.33. The minimum Gasteiger partial charge on any atom is -0.497 e. The fourth-order valence-electron chi connectivity index (χ4n) is 1.71. The van der Waals surface area contributed by atoms with E-state index in [1.54, 1.807) is 7.11 Å². The van der Waals surface area contributed by atoms with Crippen molar-refractivity contribution in [2.75, 3.05) is 7.11 Å². The van der Waals surface area contributed by atoms with Crippen LogP contribution in [-0.4, -0.2) is 38.6 Å². The summed E-state index contributed by atoms with van der Waals surface area (Å²) in [7, 11) is 1.57. The first-order chi connectivity index (χ1) is 10.5. The zero-order chi connectivity index (χ0) is 16.1. The van der Waals surface area contributed by atoms with Crippen molar-refractivity contribution in [3.05, 3.63) is 45.9 Å². The van der Waals surface area contributed by atoms with Crippen LogP contribution in [0.2, 0.25) is 0 Å². The first-order valence-corrected chi connectivity index (χ1v) is 7.36. The Bertz CT molecular complexity index is 732. The van der Waals surface area contributed by atoms with Crippen LogP contribution in [0.15, 0.2) is 34.2 Å². The van der Waals surface area contributed by atoms with E-state index in [1.165, 1.54) is 6.92 Å². The molecule has 8 heteroatoms. The molecule has 0 spiro atoms.